The van der Waals surface area contributed by atoms with Gasteiger partial charge in [-0.1, -0.05) is 18.2 Å². The fourth-order valence-electron chi connectivity index (χ4n) is 3.12. The third kappa shape index (κ3) is 4.76. The molecule has 2 amide bonds. The smallest absolute Gasteiger partial charge is 0.409 e. The van der Waals surface area contributed by atoms with Gasteiger partial charge in [-0.2, -0.15) is 0 Å². The number of nitrogens with zero attached hydrogens (tertiary/aromatic N) is 4. The summed E-state index contributed by atoms with van der Waals surface area (Å²) >= 11 is 0. The van der Waals surface area contributed by atoms with Gasteiger partial charge in [0.2, 0.25) is 0 Å². The molecule has 1 N–H and O–H groups in total. The van der Waals surface area contributed by atoms with Crippen molar-refractivity contribution in [1.82, 2.24) is 20.2 Å². The summed E-state index contributed by atoms with van der Waals surface area (Å²) in [6.45, 7) is 3.28. The van der Waals surface area contributed by atoms with E-state index in [1.165, 1.54) is 6.33 Å². The lowest BCUT2D eigenvalue weighted by Crippen LogP contribution is -2.46. The number of amides is 2. The van der Waals surface area contributed by atoms with Gasteiger partial charge in [0.15, 0.2) is 0 Å². The summed E-state index contributed by atoms with van der Waals surface area (Å²) in [6.07, 6.45) is 2.47. The molecular weight excluding hydrogens is 358 g/mol. The molecule has 28 heavy (non-hydrogen) atoms. The van der Waals surface area contributed by atoms with Gasteiger partial charge in [0, 0.05) is 37.9 Å². The minimum atomic E-state index is -0.295. The SMILES string of the molecule is CCOC(=O)N1CCC(NC(=O)c2cc(N(C)c3ccccc3)ncn2)CC1. The van der Waals surface area contributed by atoms with Crippen molar-refractivity contribution in [1.29, 1.82) is 0 Å². The molecule has 1 aromatic carbocycles. The first-order valence-corrected chi connectivity index (χ1v) is 9.42. The van der Waals surface area contributed by atoms with E-state index in [4.69, 9.17) is 4.74 Å². The van der Waals surface area contributed by atoms with Gasteiger partial charge in [0.25, 0.3) is 5.91 Å². The molecule has 0 spiro atoms. The number of ether oxygens (including phenoxy) is 1. The van der Waals surface area contributed by atoms with E-state index in [1.807, 2.05) is 42.3 Å². The van der Waals surface area contributed by atoms with Gasteiger partial charge >= 0.3 is 6.09 Å². The number of hydrogen-bond acceptors (Lipinski definition) is 6. The Morgan fingerprint density at radius 3 is 2.61 bits per heavy atom. The van der Waals surface area contributed by atoms with Gasteiger partial charge in [0.05, 0.1) is 6.61 Å². The van der Waals surface area contributed by atoms with Gasteiger partial charge in [-0.05, 0) is 31.9 Å². The van der Waals surface area contributed by atoms with Crippen LogP contribution in [0.3, 0.4) is 0 Å². The van der Waals surface area contributed by atoms with Crippen LogP contribution in [-0.2, 0) is 4.74 Å². The Balaban J connectivity index is 1.59. The van der Waals surface area contributed by atoms with E-state index in [2.05, 4.69) is 15.3 Å². The number of carbonyl (C=O) groups excluding carboxylic acids is 2. The van der Waals surface area contributed by atoms with Crippen LogP contribution in [0.5, 0.6) is 0 Å². The van der Waals surface area contributed by atoms with Crippen molar-refractivity contribution >= 4 is 23.5 Å². The largest absolute Gasteiger partial charge is 0.450 e. The van der Waals surface area contributed by atoms with Crippen LogP contribution in [0.15, 0.2) is 42.7 Å². The molecule has 3 rings (SSSR count). The van der Waals surface area contributed by atoms with E-state index in [0.717, 1.165) is 5.69 Å². The van der Waals surface area contributed by atoms with Crippen molar-refractivity contribution in [3.63, 3.8) is 0 Å². The highest BCUT2D eigenvalue weighted by Crippen LogP contribution is 2.21. The summed E-state index contributed by atoms with van der Waals surface area (Å²) in [4.78, 5) is 36.3. The summed E-state index contributed by atoms with van der Waals surface area (Å²) in [5.41, 5.74) is 1.29. The molecule has 148 valence electrons. The van der Waals surface area contributed by atoms with Crippen molar-refractivity contribution in [2.45, 2.75) is 25.8 Å². The lowest BCUT2D eigenvalue weighted by atomic mass is 10.1. The van der Waals surface area contributed by atoms with Gasteiger partial charge in [-0.25, -0.2) is 14.8 Å². The molecule has 1 aromatic heterocycles. The summed E-state index contributed by atoms with van der Waals surface area (Å²) < 4.78 is 5.02. The Labute approximate surface area is 164 Å². The molecule has 8 nitrogen and oxygen atoms in total. The van der Waals surface area contributed by atoms with E-state index < -0.39 is 0 Å². The average Bonchev–Trinajstić information content (AvgIpc) is 2.74. The fourth-order valence-corrected chi connectivity index (χ4v) is 3.12. The second-order valence-corrected chi connectivity index (χ2v) is 6.59. The number of nitrogens with one attached hydrogen (secondary N) is 1. The minimum Gasteiger partial charge on any atom is -0.450 e. The number of likely N-dealkylation sites (tertiary alicyclic amines) is 1. The predicted molar refractivity (Wildman–Crippen MR) is 106 cm³/mol. The van der Waals surface area contributed by atoms with Crippen LogP contribution in [0.1, 0.15) is 30.3 Å². The lowest BCUT2D eigenvalue weighted by Gasteiger charge is -2.31. The molecule has 1 fully saturated rings. The van der Waals surface area contributed by atoms with E-state index in [0.29, 0.717) is 44.0 Å². The first kappa shape index (κ1) is 19.6. The zero-order valence-corrected chi connectivity index (χ0v) is 16.2. The number of piperidine rings is 1. The van der Waals surface area contributed by atoms with E-state index in [-0.39, 0.29) is 18.0 Å². The summed E-state index contributed by atoms with van der Waals surface area (Å²) in [7, 11) is 1.89. The molecular formula is C20H25N5O3. The van der Waals surface area contributed by atoms with Gasteiger partial charge in [0.1, 0.15) is 17.8 Å². The molecule has 0 atom stereocenters. The van der Waals surface area contributed by atoms with Crippen LogP contribution in [0, 0.1) is 0 Å². The predicted octanol–water partition coefficient (Wildman–Crippen LogP) is 2.60. The Bertz CT molecular complexity index is 806. The molecule has 8 heteroatoms. The standard InChI is InChI=1S/C20H25N5O3/c1-3-28-20(27)25-11-9-15(10-12-25)23-19(26)17-13-18(22-14-21-17)24(2)16-7-5-4-6-8-16/h4-8,13-15H,3,9-12H2,1-2H3,(H,23,26). The quantitative estimate of drug-likeness (QED) is 0.854. The van der Waals surface area contributed by atoms with Crippen LogP contribution < -0.4 is 10.2 Å². The van der Waals surface area contributed by atoms with Crippen molar-refractivity contribution < 1.29 is 14.3 Å². The third-order valence-corrected chi connectivity index (χ3v) is 4.73. The summed E-state index contributed by atoms with van der Waals surface area (Å²) in [5, 5.41) is 3.01. The molecule has 2 heterocycles. The maximum Gasteiger partial charge on any atom is 0.409 e. The first-order valence-electron chi connectivity index (χ1n) is 9.42. The van der Waals surface area contributed by atoms with Gasteiger partial charge < -0.3 is 19.9 Å². The Hall–Kier alpha value is -3.16. The minimum absolute atomic E-state index is 0.00319. The Morgan fingerprint density at radius 1 is 1.21 bits per heavy atom. The highest BCUT2D eigenvalue weighted by Gasteiger charge is 2.25. The number of para-hydroxylation sites is 1. The van der Waals surface area contributed by atoms with Crippen LogP contribution in [-0.4, -0.2) is 59.7 Å². The number of hydrogen-bond donors (Lipinski definition) is 1. The molecule has 0 bridgehead atoms. The van der Waals surface area contributed by atoms with Crippen LogP contribution in [0.4, 0.5) is 16.3 Å². The molecule has 0 radical (unpaired) electrons. The molecule has 1 saturated heterocycles. The monoisotopic (exact) mass is 383 g/mol. The summed E-state index contributed by atoms with van der Waals surface area (Å²) in [5.74, 6) is 0.406. The molecule has 0 aliphatic carbocycles. The lowest BCUT2D eigenvalue weighted by molar-refractivity contribution is 0.0856. The molecule has 0 unspecified atom stereocenters. The highest BCUT2D eigenvalue weighted by molar-refractivity contribution is 5.93. The number of benzene rings is 1. The van der Waals surface area contributed by atoms with Crippen molar-refractivity contribution in [2.75, 3.05) is 31.6 Å². The van der Waals surface area contributed by atoms with E-state index >= 15 is 0 Å². The normalized spacial score (nSPS) is 14.4. The topological polar surface area (TPSA) is 87.7 Å². The number of anilines is 2. The van der Waals surface area contributed by atoms with Crippen molar-refractivity contribution in [3.8, 4) is 0 Å². The summed E-state index contributed by atoms with van der Waals surface area (Å²) in [6, 6.07) is 11.5. The number of rotatable bonds is 5. The molecule has 1 aliphatic rings. The zero-order chi connectivity index (χ0) is 19.9. The van der Waals surface area contributed by atoms with Gasteiger partial charge in [-0.15, -0.1) is 0 Å². The second-order valence-electron chi connectivity index (χ2n) is 6.59. The highest BCUT2D eigenvalue weighted by atomic mass is 16.6. The molecule has 1 aliphatic heterocycles. The van der Waals surface area contributed by atoms with Gasteiger partial charge in [-0.3, -0.25) is 4.79 Å². The molecule has 0 saturated carbocycles. The average molecular weight is 383 g/mol. The van der Waals surface area contributed by atoms with Crippen LogP contribution >= 0.6 is 0 Å². The first-order chi connectivity index (χ1) is 13.6. The van der Waals surface area contributed by atoms with Crippen LogP contribution in [0.25, 0.3) is 0 Å². The zero-order valence-electron chi connectivity index (χ0n) is 16.2. The van der Waals surface area contributed by atoms with Crippen molar-refractivity contribution in [2.24, 2.45) is 0 Å². The maximum absolute atomic E-state index is 12.6. The number of carbonyl (C=O) groups is 2. The second kappa shape index (κ2) is 9.16. The van der Waals surface area contributed by atoms with Crippen molar-refractivity contribution in [3.05, 3.63) is 48.4 Å². The number of aromatic nitrogens is 2. The third-order valence-electron chi connectivity index (χ3n) is 4.73. The Kier molecular flexibility index (Phi) is 6.41. The molecule has 2 aromatic rings. The maximum atomic E-state index is 12.6. The van der Waals surface area contributed by atoms with E-state index in [9.17, 15) is 9.59 Å². The Morgan fingerprint density at radius 2 is 1.93 bits per heavy atom. The van der Waals surface area contributed by atoms with E-state index in [1.54, 1.807) is 17.9 Å². The van der Waals surface area contributed by atoms with Crippen LogP contribution in [0.2, 0.25) is 0 Å². The fraction of sp³-hybridized carbons (Fsp3) is 0.400.